The minimum Gasteiger partial charge on any atom is -0.388 e. The van der Waals surface area contributed by atoms with Crippen LogP contribution in [0.25, 0.3) is 0 Å². The first-order valence-corrected chi connectivity index (χ1v) is 5.79. The average molecular weight is 206 g/mol. The lowest BCUT2D eigenvalue weighted by atomic mass is 9.86. The Morgan fingerprint density at radius 2 is 2.36 bits per heavy atom. The SMILES string of the molecule is CCC1=CC=CC(O)[C@@H]1c1cccs1. The van der Waals surface area contributed by atoms with E-state index in [1.54, 1.807) is 11.3 Å². The normalized spacial score (nSPS) is 26.3. The molecule has 0 aliphatic heterocycles. The van der Waals surface area contributed by atoms with E-state index in [0.717, 1.165) is 6.42 Å². The van der Waals surface area contributed by atoms with Gasteiger partial charge < -0.3 is 5.11 Å². The van der Waals surface area contributed by atoms with Gasteiger partial charge in [0.15, 0.2) is 0 Å². The molecule has 0 saturated heterocycles. The molecule has 1 aliphatic rings. The van der Waals surface area contributed by atoms with Gasteiger partial charge in [0, 0.05) is 10.8 Å². The van der Waals surface area contributed by atoms with Crippen LogP contribution in [0.5, 0.6) is 0 Å². The Hall–Kier alpha value is -0.860. The molecule has 2 heteroatoms. The van der Waals surface area contributed by atoms with Crippen molar-refractivity contribution in [3.8, 4) is 0 Å². The predicted molar refractivity (Wildman–Crippen MR) is 60.6 cm³/mol. The Morgan fingerprint density at radius 1 is 1.50 bits per heavy atom. The van der Waals surface area contributed by atoms with E-state index in [4.69, 9.17) is 0 Å². The van der Waals surface area contributed by atoms with Crippen molar-refractivity contribution < 1.29 is 5.11 Å². The summed E-state index contributed by atoms with van der Waals surface area (Å²) in [6.07, 6.45) is 6.59. The lowest BCUT2D eigenvalue weighted by molar-refractivity contribution is 0.201. The highest BCUT2D eigenvalue weighted by Crippen LogP contribution is 2.35. The molecule has 2 rings (SSSR count). The van der Waals surface area contributed by atoms with Crippen molar-refractivity contribution in [2.45, 2.75) is 25.4 Å². The highest BCUT2D eigenvalue weighted by molar-refractivity contribution is 7.10. The fourth-order valence-electron chi connectivity index (χ4n) is 1.88. The molecular weight excluding hydrogens is 192 g/mol. The molecule has 0 radical (unpaired) electrons. The number of allylic oxidation sites excluding steroid dienone is 2. The summed E-state index contributed by atoms with van der Waals surface area (Å²) in [4.78, 5) is 1.26. The van der Waals surface area contributed by atoms with Crippen LogP contribution in [0.1, 0.15) is 24.1 Å². The van der Waals surface area contributed by atoms with Gasteiger partial charge in [0.2, 0.25) is 0 Å². The van der Waals surface area contributed by atoms with E-state index < -0.39 is 0 Å². The third-order valence-corrected chi connectivity index (χ3v) is 3.57. The molecule has 1 unspecified atom stereocenters. The predicted octanol–water partition coefficient (Wildman–Crippen LogP) is 3.10. The Kier molecular flexibility index (Phi) is 2.85. The second-order valence-corrected chi connectivity index (χ2v) is 4.44. The van der Waals surface area contributed by atoms with Gasteiger partial charge >= 0.3 is 0 Å². The van der Waals surface area contributed by atoms with Gasteiger partial charge in [0.1, 0.15) is 0 Å². The molecule has 0 amide bonds. The molecule has 0 saturated carbocycles. The highest BCUT2D eigenvalue weighted by Gasteiger charge is 2.24. The third kappa shape index (κ3) is 1.68. The molecule has 1 heterocycles. The van der Waals surface area contributed by atoms with Crippen LogP contribution in [0.3, 0.4) is 0 Å². The van der Waals surface area contributed by atoms with Gasteiger partial charge in [-0.05, 0) is 17.9 Å². The monoisotopic (exact) mass is 206 g/mol. The largest absolute Gasteiger partial charge is 0.388 e. The van der Waals surface area contributed by atoms with E-state index in [2.05, 4.69) is 24.4 Å². The summed E-state index contributed by atoms with van der Waals surface area (Å²) in [7, 11) is 0. The van der Waals surface area contributed by atoms with Gasteiger partial charge in [-0.15, -0.1) is 11.3 Å². The van der Waals surface area contributed by atoms with Crippen molar-refractivity contribution >= 4 is 11.3 Å². The summed E-state index contributed by atoms with van der Waals surface area (Å²) in [6.45, 7) is 2.14. The maximum Gasteiger partial charge on any atom is 0.0837 e. The summed E-state index contributed by atoms with van der Waals surface area (Å²) >= 11 is 1.72. The summed E-state index contributed by atoms with van der Waals surface area (Å²) < 4.78 is 0. The number of aliphatic hydroxyl groups is 1. The van der Waals surface area contributed by atoms with Gasteiger partial charge in [0.05, 0.1) is 6.10 Å². The average Bonchev–Trinajstić information content (AvgIpc) is 2.70. The second kappa shape index (κ2) is 4.11. The van der Waals surface area contributed by atoms with Crippen LogP contribution in [0, 0.1) is 0 Å². The molecule has 1 aromatic rings. The Labute approximate surface area is 88.4 Å². The molecule has 1 aliphatic carbocycles. The van der Waals surface area contributed by atoms with Crippen LogP contribution in [0.2, 0.25) is 0 Å². The maximum atomic E-state index is 9.92. The fourth-order valence-corrected chi connectivity index (χ4v) is 2.79. The van der Waals surface area contributed by atoms with E-state index in [0.29, 0.717) is 0 Å². The molecule has 1 N–H and O–H groups in total. The minimum atomic E-state index is -0.353. The van der Waals surface area contributed by atoms with Gasteiger partial charge in [-0.2, -0.15) is 0 Å². The molecule has 2 atom stereocenters. The smallest absolute Gasteiger partial charge is 0.0837 e. The number of hydrogen-bond donors (Lipinski definition) is 1. The first-order chi connectivity index (χ1) is 6.83. The Balaban J connectivity index is 2.33. The van der Waals surface area contributed by atoms with E-state index >= 15 is 0 Å². The van der Waals surface area contributed by atoms with Gasteiger partial charge in [-0.1, -0.05) is 36.8 Å². The van der Waals surface area contributed by atoms with Crippen LogP contribution < -0.4 is 0 Å². The standard InChI is InChI=1S/C12H14OS/c1-2-9-5-3-6-10(13)12(9)11-7-4-8-14-11/h3-8,10,12-13H,2H2,1H3/t10?,12-/m1/s1. The highest BCUT2D eigenvalue weighted by atomic mass is 32.1. The lowest BCUT2D eigenvalue weighted by Gasteiger charge is -2.24. The Morgan fingerprint density at radius 3 is 3.00 bits per heavy atom. The maximum absolute atomic E-state index is 9.92. The summed E-state index contributed by atoms with van der Waals surface area (Å²) in [6, 6.07) is 4.14. The fraction of sp³-hybridized carbons (Fsp3) is 0.333. The number of hydrogen-bond acceptors (Lipinski definition) is 2. The van der Waals surface area contributed by atoms with Gasteiger partial charge in [-0.25, -0.2) is 0 Å². The lowest BCUT2D eigenvalue weighted by Crippen LogP contribution is -2.19. The molecule has 0 fully saturated rings. The molecule has 0 bridgehead atoms. The van der Waals surface area contributed by atoms with Crippen molar-refractivity contribution in [1.29, 1.82) is 0 Å². The third-order valence-electron chi connectivity index (χ3n) is 2.62. The first-order valence-electron chi connectivity index (χ1n) is 4.91. The quantitative estimate of drug-likeness (QED) is 0.788. The second-order valence-electron chi connectivity index (χ2n) is 3.46. The molecule has 0 spiro atoms. The molecular formula is C12H14OS. The van der Waals surface area contributed by atoms with Crippen molar-refractivity contribution in [1.82, 2.24) is 0 Å². The Bertz CT molecular complexity index is 348. The van der Waals surface area contributed by atoms with Crippen LogP contribution in [0.15, 0.2) is 41.3 Å². The van der Waals surface area contributed by atoms with Crippen LogP contribution in [-0.4, -0.2) is 11.2 Å². The molecule has 1 nitrogen and oxygen atoms in total. The summed E-state index contributed by atoms with van der Waals surface area (Å²) in [5.41, 5.74) is 1.32. The zero-order chi connectivity index (χ0) is 9.97. The molecule has 1 aromatic heterocycles. The van der Waals surface area contributed by atoms with Crippen molar-refractivity contribution in [3.05, 3.63) is 46.2 Å². The zero-order valence-electron chi connectivity index (χ0n) is 8.18. The summed E-state index contributed by atoms with van der Waals surface area (Å²) in [5, 5.41) is 12.0. The van der Waals surface area contributed by atoms with Crippen LogP contribution in [-0.2, 0) is 0 Å². The van der Waals surface area contributed by atoms with Crippen LogP contribution in [0.4, 0.5) is 0 Å². The van der Waals surface area contributed by atoms with Crippen molar-refractivity contribution in [3.63, 3.8) is 0 Å². The van der Waals surface area contributed by atoms with E-state index in [1.165, 1.54) is 10.5 Å². The van der Waals surface area contributed by atoms with E-state index in [1.807, 2.05) is 18.2 Å². The zero-order valence-corrected chi connectivity index (χ0v) is 9.00. The number of thiophene rings is 1. The van der Waals surface area contributed by atoms with Gasteiger partial charge in [0.25, 0.3) is 0 Å². The van der Waals surface area contributed by atoms with Gasteiger partial charge in [-0.3, -0.25) is 0 Å². The summed E-state index contributed by atoms with van der Waals surface area (Å²) in [5.74, 6) is 0.185. The topological polar surface area (TPSA) is 20.2 Å². The molecule has 0 aromatic carbocycles. The number of rotatable bonds is 2. The molecule has 14 heavy (non-hydrogen) atoms. The first kappa shape index (κ1) is 9.69. The molecule has 74 valence electrons. The number of aliphatic hydroxyl groups excluding tert-OH is 1. The van der Waals surface area contributed by atoms with Crippen LogP contribution >= 0.6 is 11.3 Å². The minimum absolute atomic E-state index is 0.185. The van der Waals surface area contributed by atoms with Crippen molar-refractivity contribution in [2.75, 3.05) is 0 Å². The van der Waals surface area contributed by atoms with Crippen molar-refractivity contribution in [2.24, 2.45) is 0 Å². The van der Waals surface area contributed by atoms with E-state index in [-0.39, 0.29) is 12.0 Å². The van der Waals surface area contributed by atoms with E-state index in [9.17, 15) is 5.11 Å².